The van der Waals surface area contributed by atoms with Crippen molar-refractivity contribution in [1.82, 2.24) is 0 Å². The standard InChI is InChI=1S/C7H17ClNO2/c1-9(2,3)5-7(4-8)11-6-10/h7,10H,4-6H2,1-3H3/q+1. The van der Waals surface area contributed by atoms with Gasteiger partial charge >= 0.3 is 0 Å². The van der Waals surface area contributed by atoms with Crippen LogP contribution in [-0.4, -0.2) is 56.1 Å². The lowest BCUT2D eigenvalue weighted by molar-refractivity contribution is -0.873. The van der Waals surface area contributed by atoms with Gasteiger partial charge in [0.25, 0.3) is 0 Å². The number of nitrogens with zero attached hydrogens (tertiary/aromatic N) is 1. The molecule has 0 aliphatic heterocycles. The van der Waals surface area contributed by atoms with Crippen molar-refractivity contribution in [1.29, 1.82) is 0 Å². The topological polar surface area (TPSA) is 29.5 Å². The first-order valence-electron chi connectivity index (χ1n) is 3.58. The molecule has 0 bridgehead atoms. The highest BCUT2D eigenvalue weighted by Crippen LogP contribution is 2.01. The molecule has 4 heteroatoms. The zero-order valence-electron chi connectivity index (χ0n) is 7.38. The Bertz CT molecular complexity index is 103. The molecule has 68 valence electrons. The second-order valence-electron chi connectivity index (χ2n) is 3.54. The molecule has 0 fully saturated rings. The summed E-state index contributed by atoms with van der Waals surface area (Å²) in [7, 11) is 6.17. The van der Waals surface area contributed by atoms with Crippen LogP contribution < -0.4 is 0 Å². The number of quaternary nitrogens is 1. The van der Waals surface area contributed by atoms with E-state index in [-0.39, 0.29) is 12.9 Å². The molecule has 0 aromatic rings. The van der Waals surface area contributed by atoms with Crippen molar-refractivity contribution in [3.05, 3.63) is 0 Å². The summed E-state index contributed by atoms with van der Waals surface area (Å²) in [5, 5.41) is 8.48. The number of rotatable bonds is 5. The Morgan fingerprint density at radius 1 is 1.45 bits per heavy atom. The maximum absolute atomic E-state index is 8.48. The molecule has 0 saturated heterocycles. The summed E-state index contributed by atoms with van der Waals surface area (Å²) in [6.45, 7) is 0.557. The fourth-order valence-electron chi connectivity index (χ4n) is 0.862. The molecule has 1 unspecified atom stereocenters. The van der Waals surface area contributed by atoms with E-state index in [9.17, 15) is 0 Å². The van der Waals surface area contributed by atoms with Crippen molar-refractivity contribution < 1.29 is 14.3 Å². The van der Waals surface area contributed by atoms with E-state index in [0.29, 0.717) is 5.88 Å². The average molecular weight is 183 g/mol. The summed E-state index contributed by atoms with van der Waals surface area (Å²) < 4.78 is 5.76. The highest BCUT2D eigenvalue weighted by Gasteiger charge is 2.16. The molecule has 0 amide bonds. The van der Waals surface area contributed by atoms with Crippen molar-refractivity contribution >= 4 is 11.6 Å². The predicted molar refractivity (Wildman–Crippen MR) is 45.6 cm³/mol. The van der Waals surface area contributed by atoms with Crippen LogP contribution in [0.1, 0.15) is 0 Å². The molecule has 0 heterocycles. The predicted octanol–water partition coefficient (Wildman–Crippen LogP) is 0.266. The smallest absolute Gasteiger partial charge is 0.144 e. The largest absolute Gasteiger partial charge is 0.371 e. The van der Waals surface area contributed by atoms with Gasteiger partial charge < -0.3 is 14.3 Å². The minimum absolute atomic E-state index is 0.0540. The van der Waals surface area contributed by atoms with Crippen molar-refractivity contribution in [2.75, 3.05) is 40.4 Å². The molecule has 11 heavy (non-hydrogen) atoms. The number of aliphatic hydroxyl groups excluding tert-OH is 1. The van der Waals surface area contributed by atoms with Gasteiger partial charge in [0.05, 0.1) is 27.0 Å². The lowest BCUT2D eigenvalue weighted by Crippen LogP contribution is -2.43. The summed E-state index contributed by atoms with van der Waals surface area (Å²) >= 11 is 5.61. The van der Waals surface area contributed by atoms with Gasteiger partial charge in [-0.05, 0) is 0 Å². The Morgan fingerprint density at radius 3 is 2.27 bits per heavy atom. The summed E-state index contributed by atoms with van der Waals surface area (Å²) in [6, 6.07) is 0. The van der Waals surface area contributed by atoms with E-state index in [4.69, 9.17) is 21.4 Å². The molecule has 0 rings (SSSR count). The van der Waals surface area contributed by atoms with Crippen LogP contribution in [0.5, 0.6) is 0 Å². The molecule has 0 aliphatic rings. The number of aliphatic hydroxyl groups is 1. The molecule has 0 aromatic carbocycles. The molecule has 1 atom stereocenters. The first-order chi connectivity index (χ1) is 4.99. The van der Waals surface area contributed by atoms with Gasteiger partial charge in [0.1, 0.15) is 19.4 Å². The normalized spacial score (nSPS) is 15.0. The van der Waals surface area contributed by atoms with Gasteiger partial charge in [-0.1, -0.05) is 0 Å². The van der Waals surface area contributed by atoms with Crippen LogP contribution in [0.15, 0.2) is 0 Å². The Hall–Kier alpha value is 0.170. The van der Waals surface area contributed by atoms with E-state index in [0.717, 1.165) is 11.0 Å². The number of alkyl halides is 1. The quantitative estimate of drug-likeness (QED) is 0.376. The van der Waals surface area contributed by atoms with Gasteiger partial charge in [0.2, 0.25) is 0 Å². The number of hydrogen-bond acceptors (Lipinski definition) is 2. The van der Waals surface area contributed by atoms with Gasteiger partial charge in [-0.25, -0.2) is 0 Å². The van der Waals surface area contributed by atoms with Gasteiger partial charge in [0.15, 0.2) is 0 Å². The van der Waals surface area contributed by atoms with Crippen molar-refractivity contribution in [3.8, 4) is 0 Å². The summed E-state index contributed by atoms with van der Waals surface area (Å²) in [5.74, 6) is 0.427. The van der Waals surface area contributed by atoms with E-state index in [1.165, 1.54) is 0 Å². The summed E-state index contributed by atoms with van der Waals surface area (Å²) in [6.07, 6.45) is -0.0540. The second-order valence-corrected chi connectivity index (χ2v) is 3.85. The highest BCUT2D eigenvalue weighted by atomic mass is 35.5. The van der Waals surface area contributed by atoms with Gasteiger partial charge in [-0.2, -0.15) is 0 Å². The van der Waals surface area contributed by atoms with Crippen LogP contribution >= 0.6 is 11.6 Å². The Morgan fingerprint density at radius 2 is 2.00 bits per heavy atom. The number of hydrogen-bond donors (Lipinski definition) is 1. The van der Waals surface area contributed by atoms with Crippen LogP contribution in [-0.2, 0) is 4.74 Å². The SMILES string of the molecule is C[N+](C)(C)CC(CCl)OCO. The number of halogens is 1. The molecular formula is C7H17ClNO2+. The van der Waals surface area contributed by atoms with Gasteiger partial charge in [0, 0.05) is 0 Å². The highest BCUT2D eigenvalue weighted by molar-refractivity contribution is 6.18. The molecule has 0 radical (unpaired) electrons. The summed E-state index contributed by atoms with van der Waals surface area (Å²) in [4.78, 5) is 0. The Labute approximate surface area is 73.1 Å². The third-order valence-corrected chi connectivity index (χ3v) is 1.58. The van der Waals surface area contributed by atoms with Crippen LogP contribution in [0.25, 0.3) is 0 Å². The Balaban J connectivity index is 3.68. The van der Waals surface area contributed by atoms with E-state index in [1.807, 2.05) is 0 Å². The molecule has 0 aromatic heterocycles. The van der Waals surface area contributed by atoms with Crippen molar-refractivity contribution in [2.24, 2.45) is 0 Å². The zero-order chi connectivity index (χ0) is 8.91. The third kappa shape index (κ3) is 6.56. The monoisotopic (exact) mass is 182 g/mol. The van der Waals surface area contributed by atoms with E-state index in [1.54, 1.807) is 0 Å². The van der Waals surface area contributed by atoms with Gasteiger partial charge in [-0.15, -0.1) is 11.6 Å². The molecule has 0 saturated carbocycles. The zero-order valence-corrected chi connectivity index (χ0v) is 8.14. The molecular weight excluding hydrogens is 166 g/mol. The maximum Gasteiger partial charge on any atom is 0.144 e. The van der Waals surface area contributed by atoms with E-state index >= 15 is 0 Å². The third-order valence-electron chi connectivity index (χ3n) is 1.23. The second kappa shape index (κ2) is 4.93. The first-order valence-corrected chi connectivity index (χ1v) is 4.12. The van der Waals surface area contributed by atoms with Crippen molar-refractivity contribution in [3.63, 3.8) is 0 Å². The molecule has 0 spiro atoms. The first kappa shape index (κ1) is 11.2. The maximum atomic E-state index is 8.48. The van der Waals surface area contributed by atoms with Crippen LogP contribution in [0.3, 0.4) is 0 Å². The summed E-state index contributed by atoms with van der Waals surface area (Å²) in [5.41, 5.74) is 0. The number of ether oxygens (including phenoxy) is 1. The lowest BCUT2D eigenvalue weighted by atomic mass is 10.3. The Kier molecular flexibility index (Phi) is 5.01. The van der Waals surface area contributed by atoms with Crippen LogP contribution in [0.4, 0.5) is 0 Å². The van der Waals surface area contributed by atoms with Crippen LogP contribution in [0.2, 0.25) is 0 Å². The van der Waals surface area contributed by atoms with Gasteiger partial charge in [-0.3, -0.25) is 0 Å². The molecule has 3 nitrogen and oxygen atoms in total. The molecule has 1 N–H and O–H groups in total. The fourth-order valence-corrected chi connectivity index (χ4v) is 1.05. The minimum atomic E-state index is -0.253. The van der Waals surface area contributed by atoms with E-state index in [2.05, 4.69) is 21.1 Å². The molecule has 0 aliphatic carbocycles. The fraction of sp³-hybridized carbons (Fsp3) is 1.00. The minimum Gasteiger partial charge on any atom is -0.371 e. The lowest BCUT2D eigenvalue weighted by Gasteiger charge is -2.27. The van der Waals surface area contributed by atoms with E-state index < -0.39 is 0 Å². The average Bonchev–Trinajstić information content (AvgIpc) is 1.84. The number of likely N-dealkylation sites (N-methyl/N-ethyl adjacent to an activating group) is 1. The van der Waals surface area contributed by atoms with Crippen LogP contribution in [0, 0.1) is 0 Å². The van der Waals surface area contributed by atoms with Crippen molar-refractivity contribution in [2.45, 2.75) is 6.10 Å².